The van der Waals surface area contributed by atoms with Gasteiger partial charge >= 0.3 is 0 Å². The molecule has 2 aromatic rings. The van der Waals surface area contributed by atoms with Gasteiger partial charge < -0.3 is 14.5 Å². The summed E-state index contributed by atoms with van der Waals surface area (Å²) < 4.78 is 5.24. The normalized spacial score (nSPS) is 10.8. The number of ether oxygens (including phenoxy) is 1. The highest BCUT2D eigenvalue weighted by atomic mass is 16.5. The summed E-state index contributed by atoms with van der Waals surface area (Å²) in [5, 5.41) is 0. The lowest BCUT2D eigenvalue weighted by atomic mass is 10.1. The molecule has 0 saturated carbocycles. The number of rotatable bonds is 9. The molecule has 0 aliphatic heterocycles. The van der Waals surface area contributed by atoms with E-state index in [0.29, 0.717) is 13.0 Å². The first kappa shape index (κ1) is 20.0. The van der Waals surface area contributed by atoms with Crippen molar-refractivity contribution in [3.8, 4) is 5.75 Å². The van der Waals surface area contributed by atoms with Crippen molar-refractivity contribution < 1.29 is 9.53 Å². The highest BCUT2D eigenvalue weighted by Crippen LogP contribution is 2.15. The van der Waals surface area contributed by atoms with E-state index in [9.17, 15) is 4.79 Å². The number of amides is 1. The SMILES string of the molecule is CCN(Cc1ccc(CN(C)C)cc1)C(=O)CCc1cccc(OC)c1. The van der Waals surface area contributed by atoms with Crippen molar-refractivity contribution in [3.63, 3.8) is 0 Å². The van der Waals surface area contributed by atoms with Crippen LogP contribution < -0.4 is 4.74 Å². The fourth-order valence-electron chi connectivity index (χ4n) is 2.95. The zero-order chi connectivity index (χ0) is 18.9. The Bertz CT molecular complexity index is 696. The number of carbonyl (C=O) groups is 1. The molecule has 0 radical (unpaired) electrons. The van der Waals surface area contributed by atoms with Crippen LogP contribution in [0.3, 0.4) is 0 Å². The molecule has 1 amide bonds. The molecule has 0 aliphatic rings. The molecule has 0 unspecified atom stereocenters. The van der Waals surface area contributed by atoms with Gasteiger partial charge in [-0.2, -0.15) is 0 Å². The predicted molar refractivity (Wildman–Crippen MR) is 106 cm³/mol. The lowest BCUT2D eigenvalue weighted by Crippen LogP contribution is -2.30. The molecule has 140 valence electrons. The second-order valence-electron chi connectivity index (χ2n) is 6.81. The molecule has 0 fully saturated rings. The molecule has 0 N–H and O–H groups in total. The second-order valence-corrected chi connectivity index (χ2v) is 6.81. The molecule has 4 nitrogen and oxygen atoms in total. The average Bonchev–Trinajstić information content (AvgIpc) is 2.65. The van der Waals surface area contributed by atoms with Crippen molar-refractivity contribution in [1.82, 2.24) is 9.80 Å². The molecule has 0 saturated heterocycles. The van der Waals surface area contributed by atoms with Gasteiger partial charge in [-0.1, -0.05) is 36.4 Å². The van der Waals surface area contributed by atoms with Gasteiger partial charge in [0, 0.05) is 26.1 Å². The van der Waals surface area contributed by atoms with E-state index in [2.05, 4.69) is 43.3 Å². The molecular weight excluding hydrogens is 324 g/mol. The van der Waals surface area contributed by atoms with Crippen LogP contribution in [0.4, 0.5) is 0 Å². The maximum atomic E-state index is 12.6. The van der Waals surface area contributed by atoms with Crippen LogP contribution >= 0.6 is 0 Å². The van der Waals surface area contributed by atoms with E-state index < -0.39 is 0 Å². The fraction of sp³-hybridized carbons (Fsp3) is 0.409. The molecule has 0 heterocycles. The number of hydrogen-bond donors (Lipinski definition) is 0. The summed E-state index contributed by atoms with van der Waals surface area (Å²) in [5.41, 5.74) is 3.58. The Morgan fingerprint density at radius 1 is 0.962 bits per heavy atom. The molecule has 0 spiro atoms. The Balaban J connectivity index is 1.91. The first-order valence-corrected chi connectivity index (χ1v) is 9.15. The van der Waals surface area contributed by atoms with Crippen LogP contribution in [-0.4, -0.2) is 43.5 Å². The molecule has 2 aromatic carbocycles. The van der Waals surface area contributed by atoms with Crippen LogP contribution in [0.5, 0.6) is 5.75 Å². The van der Waals surface area contributed by atoms with Crippen LogP contribution in [0.1, 0.15) is 30.0 Å². The molecule has 26 heavy (non-hydrogen) atoms. The highest BCUT2D eigenvalue weighted by molar-refractivity contribution is 5.76. The Labute approximate surface area is 157 Å². The van der Waals surface area contributed by atoms with Gasteiger partial charge in [-0.3, -0.25) is 4.79 Å². The Hall–Kier alpha value is -2.33. The molecule has 4 heteroatoms. The van der Waals surface area contributed by atoms with Crippen molar-refractivity contribution in [3.05, 3.63) is 65.2 Å². The predicted octanol–water partition coefficient (Wildman–Crippen LogP) is 3.74. The zero-order valence-electron chi connectivity index (χ0n) is 16.4. The molecule has 0 bridgehead atoms. The summed E-state index contributed by atoms with van der Waals surface area (Å²) >= 11 is 0. The van der Waals surface area contributed by atoms with E-state index in [0.717, 1.165) is 30.8 Å². The van der Waals surface area contributed by atoms with E-state index in [-0.39, 0.29) is 5.91 Å². The number of carbonyl (C=O) groups excluding carboxylic acids is 1. The van der Waals surface area contributed by atoms with Crippen molar-refractivity contribution in [2.75, 3.05) is 27.7 Å². The Kier molecular flexibility index (Phi) is 7.67. The second kappa shape index (κ2) is 9.97. The van der Waals surface area contributed by atoms with Gasteiger partial charge in [0.25, 0.3) is 0 Å². The first-order valence-electron chi connectivity index (χ1n) is 9.15. The average molecular weight is 354 g/mol. The summed E-state index contributed by atoms with van der Waals surface area (Å²) in [6.45, 7) is 4.34. The quantitative estimate of drug-likeness (QED) is 0.688. The van der Waals surface area contributed by atoms with Gasteiger partial charge in [-0.25, -0.2) is 0 Å². The van der Waals surface area contributed by atoms with Crippen LogP contribution in [0.2, 0.25) is 0 Å². The first-order chi connectivity index (χ1) is 12.5. The third-order valence-corrected chi connectivity index (χ3v) is 4.39. The highest BCUT2D eigenvalue weighted by Gasteiger charge is 2.12. The topological polar surface area (TPSA) is 32.8 Å². The molecule has 2 rings (SSSR count). The minimum atomic E-state index is 0.188. The Morgan fingerprint density at radius 3 is 2.19 bits per heavy atom. The molecular formula is C22H30N2O2. The van der Waals surface area contributed by atoms with Gasteiger partial charge in [0.15, 0.2) is 0 Å². The third-order valence-electron chi connectivity index (χ3n) is 4.39. The van der Waals surface area contributed by atoms with Crippen LogP contribution in [0.15, 0.2) is 48.5 Å². The number of nitrogens with zero attached hydrogens (tertiary/aromatic N) is 2. The van der Waals surface area contributed by atoms with Crippen molar-refractivity contribution in [2.45, 2.75) is 32.9 Å². The van der Waals surface area contributed by atoms with Gasteiger partial charge in [0.05, 0.1) is 7.11 Å². The van der Waals surface area contributed by atoms with E-state index in [1.165, 1.54) is 11.1 Å². The Morgan fingerprint density at radius 2 is 1.62 bits per heavy atom. The van der Waals surface area contributed by atoms with Crippen LogP contribution in [0.25, 0.3) is 0 Å². The van der Waals surface area contributed by atoms with E-state index >= 15 is 0 Å². The van der Waals surface area contributed by atoms with Crippen LogP contribution in [0, 0.1) is 0 Å². The largest absolute Gasteiger partial charge is 0.497 e. The molecule has 0 aromatic heterocycles. The summed E-state index contributed by atoms with van der Waals surface area (Å²) in [7, 11) is 5.79. The molecule has 0 aliphatic carbocycles. The maximum Gasteiger partial charge on any atom is 0.223 e. The lowest BCUT2D eigenvalue weighted by molar-refractivity contribution is -0.131. The maximum absolute atomic E-state index is 12.6. The minimum Gasteiger partial charge on any atom is -0.497 e. The van der Waals surface area contributed by atoms with E-state index in [1.807, 2.05) is 36.1 Å². The van der Waals surface area contributed by atoms with Gasteiger partial charge in [0.2, 0.25) is 5.91 Å². The molecule has 0 atom stereocenters. The van der Waals surface area contributed by atoms with Crippen LogP contribution in [-0.2, 0) is 24.3 Å². The summed E-state index contributed by atoms with van der Waals surface area (Å²) in [6.07, 6.45) is 1.24. The summed E-state index contributed by atoms with van der Waals surface area (Å²) in [4.78, 5) is 16.7. The van der Waals surface area contributed by atoms with E-state index in [4.69, 9.17) is 4.74 Å². The standard InChI is InChI=1S/C22H30N2O2/c1-5-24(17-20-11-9-19(10-12-20)16-23(2)3)22(25)14-13-18-7-6-8-21(15-18)26-4/h6-12,15H,5,13-14,16-17H2,1-4H3. The summed E-state index contributed by atoms with van der Waals surface area (Å²) in [5.74, 6) is 1.02. The smallest absolute Gasteiger partial charge is 0.223 e. The van der Waals surface area contributed by atoms with E-state index in [1.54, 1.807) is 7.11 Å². The van der Waals surface area contributed by atoms with Crippen molar-refractivity contribution in [2.24, 2.45) is 0 Å². The van der Waals surface area contributed by atoms with Gasteiger partial charge in [-0.05, 0) is 56.3 Å². The number of aryl methyl sites for hydroxylation is 1. The fourth-order valence-corrected chi connectivity index (χ4v) is 2.95. The van der Waals surface area contributed by atoms with Crippen molar-refractivity contribution in [1.29, 1.82) is 0 Å². The number of benzene rings is 2. The number of methoxy groups -OCH3 is 1. The number of hydrogen-bond acceptors (Lipinski definition) is 3. The third kappa shape index (κ3) is 6.19. The van der Waals surface area contributed by atoms with Crippen molar-refractivity contribution >= 4 is 5.91 Å². The zero-order valence-corrected chi connectivity index (χ0v) is 16.4. The van der Waals surface area contributed by atoms with Gasteiger partial charge in [-0.15, -0.1) is 0 Å². The lowest BCUT2D eigenvalue weighted by Gasteiger charge is -2.21. The van der Waals surface area contributed by atoms with Gasteiger partial charge in [0.1, 0.15) is 5.75 Å². The minimum absolute atomic E-state index is 0.188. The summed E-state index contributed by atoms with van der Waals surface area (Å²) in [6, 6.07) is 16.4. The monoisotopic (exact) mass is 354 g/mol.